The van der Waals surface area contributed by atoms with Crippen molar-refractivity contribution < 1.29 is 4.74 Å². The molecular formula is C4H8N2OS2. The first-order chi connectivity index (χ1) is 4.29. The summed E-state index contributed by atoms with van der Waals surface area (Å²) in [7, 11) is 0. The molecule has 0 aliphatic carbocycles. The van der Waals surface area contributed by atoms with Gasteiger partial charge in [-0.1, -0.05) is 0 Å². The second-order valence-electron chi connectivity index (χ2n) is 1.59. The molecule has 1 fully saturated rings. The lowest BCUT2D eigenvalue weighted by molar-refractivity contribution is 0.251. The number of hydrogen-bond acceptors (Lipinski definition) is 4. The van der Waals surface area contributed by atoms with Gasteiger partial charge in [0.05, 0.1) is 0 Å². The van der Waals surface area contributed by atoms with Crippen LogP contribution in [0.15, 0.2) is 0 Å². The van der Waals surface area contributed by atoms with E-state index in [9.17, 15) is 0 Å². The van der Waals surface area contributed by atoms with Gasteiger partial charge in [-0.3, -0.25) is 5.32 Å². The summed E-state index contributed by atoms with van der Waals surface area (Å²) in [5.41, 5.74) is 5.12. The van der Waals surface area contributed by atoms with Gasteiger partial charge in [-0.25, -0.2) is 0 Å². The van der Waals surface area contributed by atoms with Gasteiger partial charge >= 0.3 is 0 Å². The lowest BCUT2D eigenvalue weighted by atomic mass is 10.8. The summed E-state index contributed by atoms with van der Waals surface area (Å²) in [4.78, 5) is 0. The summed E-state index contributed by atoms with van der Waals surface area (Å²) in [6.07, 6.45) is 0. The molecule has 1 heterocycles. The first-order valence-electron chi connectivity index (χ1n) is 2.60. The van der Waals surface area contributed by atoms with Crippen LogP contribution in [-0.4, -0.2) is 23.0 Å². The van der Waals surface area contributed by atoms with Gasteiger partial charge in [-0.15, -0.1) is 11.8 Å². The van der Waals surface area contributed by atoms with Crippen LogP contribution < -0.4 is 11.1 Å². The maximum absolute atomic E-state index is 5.13. The van der Waals surface area contributed by atoms with Crippen LogP contribution in [0.4, 0.5) is 0 Å². The molecule has 0 spiro atoms. The molecule has 0 aromatic rings. The third-order valence-corrected chi connectivity index (χ3v) is 2.01. The Labute approximate surface area is 63.3 Å². The molecule has 3 N–H and O–H groups in total. The lowest BCUT2D eigenvalue weighted by Crippen LogP contribution is -2.28. The van der Waals surface area contributed by atoms with Crippen molar-refractivity contribution in [3.8, 4) is 0 Å². The van der Waals surface area contributed by atoms with Crippen LogP contribution in [0.5, 0.6) is 0 Å². The molecule has 9 heavy (non-hydrogen) atoms. The predicted molar refractivity (Wildman–Crippen MR) is 42.1 cm³/mol. The number of nitrogens with one attached hydrogen (secondary N) is 1. The molecule has 1 rings (SSSR count). The third-order valence-electron chi connectivity index (χ3n) is 0.905. The van der Waals surface area contributed by atoms with Gasteiger partial charge in [0.1, 0.15) is 0 Å². The van der Waals surface area contributed by atoms with Crippen molar-refractivity contribution >= 4 is 29.2 Å². The van der Waals surface area contributed by atoms with Crippen LogP contribution in [0, 0.1) is 0 Å². The van der Waals surface area contributed by atoms with Crippen LogP contribution in [0.3, 0.4) is 0 Å². The topological polar surface area (TPSA) is 47.3 Å². The molecule has 0 aromatic carbocycles. The van der Waals surface area contributed by atoms with E-state index in [4.69, 9.17) is 10.5 Å². The fourth-order valence-corrected chi connectivity index (χ4v) is 1.60. The molecule has 0 radical (unpaired) electrons. The van der Waals surface area contributed by atoms with Crippen molar-refractivity contribution in [2.45, 2.75) is 5.56 Å². The molecule has 5 heteroatoms. The van der Waals surface area contributed by atoms with Crippen LogP contribution in [0.25, 0.3) is 0 Å². The summed E-state index contributed by atoms with van der Waals surface area (Å²) >= 11 is 6.20. The Hall–Kier alpha value is -0.0000000000000000555. The van der Waals surface area contributed by atoms with Gasteiger partial charge in [0.2, 0.25) is 5.56 Å². The average molecular weight is 164 g/mol. The van der Waals surface area contributed by atoms with Gasteiger partial charge < -0.3 is 10.5 Å². The number of ether oxygens (including phenoxy) is 1. The summed E-state index contributed by atoms with van der Waals surface area (Å²) in [6.45, 7) is 0.970. The maximum atomic E-state index is 5.13. The van der Waals surface area contributed by atoms with Crippen LogP contribution >= 0.6 is 24.0 Å². The van der Waals surface area contributed by atoms with E-state index in [2.05, 4.69) is 17.5 Å². The highest BCUT2D eigenvalue weighted by Gasteiger charge is 2.15. The van der Waals surface area contributed by atoms with Crippen molar-refractivity contribution in [2.75, 3.05) is 12.3 Å². The number of thioether (sulfide) groups is 1. The zero-order valence-electron chi connectivity index (χ0n) is 4.79. The highest BCUT2D eigenvalue weighted by molar-refractivity contribution is 8.00. The van der Waals surface area contributed by atoms with Crippen molar-refractivity contribution in [2.24, 2.45) is 5.73 Å². The molecule has 52 valence electrons. The van der Waals surface area contributed by atoms with E-state index in [1.54, 1.807) is 11.8 Å². The van der Waals surface area contributed by atoms with Crippen molar-refractivity contribution in [1.29, 1.82) is 0 Å². The summed E-state index contributed by atoms with van der Waals surface area (Å²) < 4.78 is 4.97. The minimum atomic E-state index is -0.0116. The van der Waals surface area contributed by atoms with Gasteiger partial charge in [0, 0.05) is 12.3 Å². The second-order valence-corrected chi connectivity index (χ2v) is 3.17. The molecule has 0 saturated carbocycles. The van der Waals surface area contributed by atoms with E-state index in [1.165, 1.54) is 0 Å². The normalized spacial score (nSPS) is 26.0. The van der Waals surface area contributed by atoms with E-state index in [0.717, 1.165) is 12.3 Å². The van der Waals surface area contributed by atoms with Gasteiger partial charge in [0.25, 0.3) is 5.17 Å². The first-order valence-corrected chi connectivity index (χ1v) is 4.06. The van der Waals surface area contributed by atoms with Gasteiger partial charge in [-0.05, 0) is 12.2 Å². The zero-order chi connectivity index (χ0) is 6.69. The van der Waals surface area contributed by atoms with E-state index in [1.807, 2.05) is 0 Å². The van der Waals surface area contributed by atoms with E-state index < -0.39 is 0 Å². The molecule has 3 nitrogen and oxygen atoms in total. The number of thiocarbonyl (C=S) groups is 1. The third kappa shape index (κ3) is 2.38. The minimum absolute atomic E-state index is 0.0116. The standard InChI is InChI=1S/C4H8N2OS2/c5-3(8)7-4-6-1-2-9-4/h4,6H,1-2H2,(H2,5,8). The molecule has 0 aromatic heterocycles. The van der Waals surface area contributed by atoms with Crippen molar-refractivity contribution in [1.82, 2.24) is 5.32 Å². The Kier molecular flexibility index (Phi) is 2.56. The Morgan fingerprint density at radius 3 is 3.11 bits per heavy atom. The Balaban J connectivity index is 2.19. The predicted octanol–water partition coefficient (Wildman–Crippen LogP) is -0.133. The molecular weight excluding hydrogens is 156 g/mol. The highest BCUT2D eigenvalue weighted by atomic mass is 32.2. The molecule has 1 aliphatic rings. The Morgan fingerprint density at radius 1 is 1.89 bits per heavy atom. The summed E-state index contributed by atoms with van der Waals surface area (Å²) in [5.74, 6) is 1.06. The second kappa shape index (κ2) is 3.24. The smallest absolute Gasteiger partial charge is 0.256 e. The lowest BCUT2D eigenvalue weighted by Gasteiger charge is -2.09. The summed E-state index contributed by atoms with van der Waals surface area (Å²) in [6, 6.07) is 0. The Morgan fingerprint density at radius 2 is 2.67 bits per heavy atom. The van der Waals surface area contributed by atoms with Gasteiger partial charge in [0.15, 0.2) is 0 Å². The number of hydrogen-bond donors (Lipinski definition) is 2. The molecule has 1 unspecified atom stereocenters. The molecule has 1 atom stereocenters. The highest BCUT2D eigenvalue weighted by Crippen LogP contribution is 2.13. The average Bonchev–Trinajstić information content (AvgIpc) is 2.15. The van der Waals surface area contributed by atoms with E-state index >= 15 is 0 Å². The summed E-state index contributed by atoms with van der Waals surface area (Å²) in [5, 5.41) is 3.17. The number of rotatable bonds is 1. The van der Waals surface area contributed by atoms with Crippen molar-refractivity contribution in [3.63, 3.8) is 0 Å². The van der Waals surface area contributed by atoms with E-state index in [-0.39, 0.29) is 10.7 Å². The molecule has 1 saturated heterocycles. The van der Waals surface area contributed by atoms with Crippen LogP contribution in [0.1, 0.15) is 0 Å². The fraction of sp³-hybridized carbons (Fsp3) is 0.750. The largest absolute Gasteiger partial charge is 0.442 e. The minimum Gasteiger partial charge on any atom is -0.442 e. The fourth-order valence-electron chi connectivity index (χ4n) is 0.583. The quantitative estimate of drug-likeness (QED) is 0.529. The molecule has 1 aliphatic heterocycles. The van der Waals surface area contributed by atoms with Crippen molar-refractivity contribution in [3.05, 3.63) is 0 Å². The first kappa shape index (κ1) is 7.11. The zero-order valence-corrected chi connectivity index (χ0v) is 6.43. The number of nitrogens with two attached hydrogens (primary N) is 1. The van der Waals surface area contributed by atoms with Crippen LogP contribution in [-0.2, 0) is 4.74 Å². The Bertz CT molecular complexity index is 113. The molecule has 0 amide bonds. The SMILES string of the molecule is NC(=S)OC1NCCS1. The molecule has 0 bridgehead atoms. The monoisotopic (exact) mass is 164 g/mol. The maximum Gasteiger partial charge on any atom is 0.256 e. The van der Waals surface area contributed by atoms with E-state index in [0.29, 0.717) is 0 Å². The van der Waals surface area contributed by atoms with Crippen LogP contribution in [0.2, 0.25) is 0 Å². The van der Waals surface area contributed by atoms with Gasteiger partial charge in [-0.2, -0.15) is 0 Å².